The van der Waals surface area contributed by atoms with E-state index in [9.17, 15) is 18.8 Å². The minimum Gasteiger partial charge on any atom is -0.467 e. The van der Waals surface area contributed by atoms with Crippen LogP contribution in [0.1, 0.15) is 6.42 Å². The summed E-state index contributed by atoms with van der Waals surface area (Å²) in [4.78, 5) is 33.9. The zero-order valence-corrected chi connectivity index (χ0v) is 8.81. The van der Waals surface area contributed by atoms with Gasteiger partial charge in [0.15, 0.2) is 0 Å². The molecule has 1 fully saturated rings. The van der Waals surface area contributed by atoms with Crippen LogP contribution in [-0.4, -0.2) is 55.6 Å². The molecule has 0 aromatic rings. The van der Waals surface area contributed by atoms with E-state index < -0.39 is 24.1 Å². The molecule has 1 rings (SSSR count). The molecule has 0 spiro atoms. The third-order valence-electron chi connectivity index (χ3n) is 2.38. The number of ether oxygens (including phenoxy) is 1. The third kappa shape index (κ3) is 2.68. The zero-order valence-electron chi connectivity index (χ0n) is 8.81. The van der Waals surface area contributed by atoms with E-state index in [1.807, 2.05) is 0 Å². The molecule has 0 aromatic carbocycles. The van der Waals surface area contributed by atoms with E-state index in [0.717, 1.165) is 4.90 Å². The van der Waals surface area contributed by atoms with Gasteiger partial charge in [-0.25, -0.2) is 9.18 Å². The number of nitrogens with zero attached hydrogens (tertiary/aromatic N) is 1. The molecule has 0 aliphatic carbocycles. The molecule has 2 amide bonds. The number of hydrogen-bond acceptors (Lipinski definition) is 4. The number of esters is 1. The summed E-state index contributed by atoms with van der Waals surface area (Å²) in [7, 11) is 1.18. The van der Waals surface area contributed by atoms with Crippen LogP contribution in [0.5, 0.6) is 0 Å². The number of alkyl halides is 1. The Hall–Kier alpha value is -1.66. The average Bonchev–Trinajstić information content (AvgIpc) is 2.67. The van der Waals surface area contributed by atoms with Gasteiger partial charge in [-0.2, -0.15) is 0 Å². The van der Waals surface area contributed by atoms with Crippen LogP contribution in [0.4, 0.5) is 4.39 Å². The SMILES string of the molecule is COC(=O)C1CC(F)CN1C(=O)CNC=O. The first-order valence-electron chi connectivity index (χ1n) is 4.78. The second-order valence-electron chi connectivity index (χ2n) is 3.42. The minimum atomic E-state index is -1.23. The first-order chi connectivity index (χ1) is 7.60. The molecule has 1 aliphatic rings. The van der Waals surface area contributed by atoms with Gasteiger partial charge in [-0.15, -0.1) is 0 Å². The van der Waals surface area contributed by atoms with E-state index in [0.29, 0.717) is 6.41 Å². The number of rotatable bonds is 4. The van der Waals surface area contributed by atoms with E-state index in [-0.39, 0.29) is 19.5 Å². The first-order valence-corrected chi connectivity index (χ1v) is 4.78. The third-order valence-corrected chi connectivity index (χ3v) is 2.38. The molecule has 7 heteroatoms. The standard InChI is InChI=1S/C9H13FN2O4/c1-16-9(15)7-2-6(10)4-12(7)8(14)3-11-5-13/h5-7H,2-4H2,1H3,(H,11,13). The fourth-order valence-electron chi connectivity index (χ4n) is 1.65. The van der Waals surface area contributed by atoms with E-state index in [2.05, 4.69) is 10.1 Å². The average molecular weight is 232 g/mol. The van der Waals surface area contributed by atoms with Crippen molar-refractivity contribution >= 4 is 18.3 Å². The van der Waals surface area contributed by atoms with Crippen molar-refractivity contribution in [2.75, 3.05) is 20.2 Å². The van der Waals surface area contributed by atoms with Crippen LogP contribution in [0.25, 0.3) is 0 Å². The number of methoxy groups -OCH3 is 1. The predicted molar refractivity (Wildman–Crippen MR) is 51.1 cm³/mol. The highest BCUT2D eigenvalue weighted by Gasteiger charge is 2.40. The molecule has 1 heterocycles. The van der Waals surface area contributed by atoms with Gasteiger partial charge in [0.05, 0.1) is 20.2 Å². The van der Waals surface area contributed by atoms with Crippen molar-refractivity contribution in [2.45, 2.75) is 18.6 Å². The van der Waals surface area contributed by atoms with Crippen molar-refractivity contribution in [2.24, 2.45) is 0 Å². The molecule has 1 saturated heterocycles. The van der Waals surface area contributed by atoms with Gasteiger partial charge in [-0.1, -0.05) is 0 Å². The largest absolute Gasteiger partial charge is 0.467 e. The molecule has 0 bridgehead atoms. The number of carbonyl (C=O) groups is 3. The van der Waals surface area contributed by atoms with Gasteiger partial charge in [0, 0.05) is 6.42 Å². The van der Waals surface area contributed by atoms with E-state index in [1.165, 1.54) is 7.11 Å². The summed E-state index contributed by atoms with van der Waals surface area (Å²) in [6.45, 7) is -0.386. The lowest BCUT2D eigenvalue weighted by molar-refractivity contribution is -0.150. The summed E-state index contributed by atoms with van der Waals surface area (Å²) in [5, 5.41) is 2.17. The number of likely N-dealkylation sites (tertiary alicyclic amines) is 1. The summed E-state index contributed by atoms with van der Waals surface area (Å²) in [6, 6.07) is -0.888. The summed E-state index contributed by atoms with van der Waals surface area (Å²) in [5.74, 6) is -1.14. The maximum atomic E-state index is 13.1. The van der Waals surface area contributed by atoms with Crippen LogP contribution in [0, 0.1) is 0 Å². The van der Waals surface area contributed by atoms with Gasteiger partial charge in [-0.05, 0) is 0 Å². The van der Waals surface area contributed by atoms with Crippen LogP contribution < -0.4 is 5.32 Å². The molecule has 90 valence electrons. The first kappa shape index (κ1) is 12.4. The summed E-state index contributed by atoms with van der Waals surface area (Å²) in [5.41, 5.74) is 0. The summed E-state index contributed by atoms with van der Waals surface area (Å²) in [6.07, 6.45) is -0.919. The molecule has 2 unspecified atom stereocenters. The molecular formula is C9H13FN2O4. The highest BCUT2D eigenvalue weighted by atomic mass is 19.1. The molecule has 16 heavy (non-hydrogen) atoms. The van der Waals surface area contributed by atoms with Crippen molar-refractivity contribution in [1.82, 2.24) is 10.2 Å². The number of halogens is 1. The summed E-state index contributed by atoms with van der Waals surface area (Å²) >= 11 is 0. The fourth-order valence-corrected chi connectivity index (χ4v) is 1.65. The van der Waals surface area contributed by atoms with Crippen molar-refractivity contribution in [3.05, 3.63) is 0 Å². The number of amides is 2. The molecular weight excluding hydrogens is 219 g/mol. The smallest absolute Gasteiger partial charge is 0.328 e. The Kier molecular flexibility index (Phi) is 4.21. The highest BCUT2D eigenvalue weighted by Crippen LogP contribution is 2.21. The number of nitrogens with one attached hydrogen (secondary N) is 1. The van der Waals surface area contributed by atoms with Crippen LogP contribution in [0.3, 0.4) is 0 Å². The van der Waals surface area contributed by atoms with Crippen molar-refractivity contribution in [3.63, 3.8) is 0 Å². The summed E-state index contributed by atoms with van der Waals surface area (Å²) < 4.78 is 17.6. The Labute approximate surface area is 91.7 Å². The van der Waals surface area contributed by atoms with Crippen LogP contribution >= 0.6 is 0 Å². The zero-order chi connectivity index (χ0) is 12.1. The van der Waals surface area contributed by atoms with Crippen LogP contribution in [0.15, 0.2) is 0 Å². The quantitative estimate of drug-likeness (QED) is 0.490. The predicted octanol–water partition coefficient (Wildman–Crippen LogP) is -1.16. The molecule has 2 atom stereocenters. The van der Waals surface area contributed by atoms with Crippen molar-refractivity contribution < 1.29 is 23.5 Å². The Balaban J connectivity index is 2.65. The maximum absolute atomic E-state index is 13.1. The number of hydrogen-bond donors (Lipinski definition) is 1. The second kappa shape index (κ2) is 5.43. The molecule has 0 saturated carbocycles. The maximum Gasteiger partial charge on any atom is 0.328 e. The van der Waals surface area contributed by atoms with Gasteiger partial charge in [0.25, 0.3) is 0 Å². The Morgan fingerprint density at radius 3 is 2.88 bits per heavy atom. The molecule has 0 radical (unpaired) electrons. The van der Waals surface area contributed by atoms with E-state index >= 15 is 0 Å². The molecule has 6 nitrogen and oxygen atoms in total. The lowest BCUT2D eigenvalue weighted by atomic mass is 10.2. The lowest BCUT2D eigenvalue weighted by Gasteiger charge is -2.21. The topological polar surface area (TPSA) is 75.7 Å². The normalized spacial score (nSPS) is 24.0. The Morgan fingerprint density at radius 1 is 1.62 bits per heavy atom. The lowest BCUT2D eigenvalue weighted by Crippen LogP contribution is -2.44. The van der Waals surface area contributed by atoms with Gasteiger partial charge >= 0.3 is 5.97 Å². The van der Waals surface area contributed by atoms with E-state index in [4.69, 9.17) is 0 Å². The molecule has 1 aliphatic heterocycles. The molecule has 1 N–H and O–H groups in total. The van der Waals surface area contributed by atoms with Gasteiger partial charge in [-0.3, -0.25) is 9.59 Å². The second-order valence-corrected chi connectivity index (χ2v) is 3.42. The highest BCUT2D eigenvalue weighted by molar-refractivity contribution is 5.87. The van der Waals surface area contributed by atoms with E-state index in [1.54, 1.807) is 0 Å². The van der Waals surface area contributed by atoms with Crippen LogP contribution in [0.2, 0.25) is 0 Å². The Morgan fingerprint density at radius 2 is 2.31 bits per heavy atom. The Bertz CT molecular complexity index is 297. The van der Waals surface area contributed by atoms with Gasteiger partial charge < -0.3 is 15.0 Å². The minimum absolute atomic E-state index is 0.0560. The number of carbonyl (C=O) groups excluding carboxylic acids is 3. The van der Waals surface area contributed by atoms with Crippen LogP contribution in [-0.2, 0) is 19.1 Å². The van der Waals surface area contributed by atoms with Gasteiger partial charge in [0.1, 0.15) is 12.2 Å². The van der Waals surface area contributed by atoms with Crippen molar-refractivity contribution in [1.29, 1.82) is 0 Å². The van der Waals surface area contributed by atoms with Gasteiger partial charge in [0.2, 0.25) is 12.3 Å². The molecule has 0 aromatic heterocycles. The fraction of sp³-hybridized carbons (Fsp3) is 0.667. The van der Waals surface area contributed by atoms with Crippen molar-refractivity contribution in [3.8, 4) is 0 Å². The monoisotopic (exact) mass is 232 g/mol.